The molecule has 2 rings (SSSR count). The Bertz CT molecular complexity index is 678. The van der Waals surface area contributed by atoms with Gasteiger partial charge in [-0.1, -0.05) is 18.5 Å². The lowest BCUT2D eigenvalue weighted by Crippen LogP contribution is -2.10. The van der Waals surface area contributed by atoms with E-state index in [2.05, 4.69) is 9.72 Å². The highest BCUT2D eigenvalue weighted by atomic mass is 35.5. The summed E-state index contributed by atoms with van der Waals surface area (Å²) in [6, 6.07) is 4.40. The quantitative estimate of drug-likeness (QED) is 0.820. The normalized spacial score (nSPS) is 10.6. The van der Waals surface area contributed by atoms with Crippen LogP contribution in [0, 0.1) is 0 Å². The Morgan fingerprint density at radius 3 is 2.78 bits per heavy atom. The van der Waals surface area contributed by atoms with Crippen LogP contribution in [0.3, 0.4) is 0 Å². The fourth-order valence-corrected chi connectivity index (χ4v) is 2.08. The SMILES string of the molecule is CCc1cc(Cl)cc2[nH]c(OC(=O)O)cc(=O)c12. The lowest BCUT2D eigenvalue weighted by molar-refractivity contribution is 0.142. The summed E-state index contributed by atoms with van der Waals surface area (Å²) in [5.41, 5.74) is 0.970. The Kier molecular flexibility index (Phi) is 3.25. The van der Waals surface area contributed by atoms with Crippen molar-refractivity contribution in [2.75, 3.05) is 0 Å². The molecule has 2 aromatic rings. The molecule has 6 heteroatoms. The van der Waals surface area contributed by atoms with E-state index in [0.29, 0.717) is 22.3 Å². The topological polar surface area (TPSA) is 79.4 Å². The summed E-state index contributed by atoms with van der Waals surface area (Å²) in [6.45, 7) is 1.91. The Balaban J connectivity index is 2.73. The average Bonchev–Trinajstić information content (AvgIpc) is 2.25. The number of carbonyl (C=O) groups is 1. The van der Waals surface area contributed by atoms with Gasteiger partial charge in [0.2, 0.25) is 5.88 Å². The standard InChI is InChI=1S/C12H10ClNO4/c1-2-6-3-7(13)4-8-11(6)9(15)5-10(14-8)18-12(16)17/h3-5H,2H2,1H3,(H,14,15)(H,16,17). The van der Waals surface area contributed by atoms with Gasteiger partial charge < -0.3 is 14.8 Å². The molecular formula is C12H10ClNO4. The molecule has 0 aliphatic carbocycles. The molecule has 1 heterocycles. The zero-order chi connectivity index (χ0) is 13.3. The number of H-pyrrole nitrogens is 1. The van der Waals surface area contributed by atoms with E-state index < -0.39 is 6.16 Å². The summed E-state index contributed by atoms with van der Waals surface area (Å²) in [6.07, 6.45) is -0.832. The van der Waals surface area contributed by atoms with E-state index in [0.717, 1.165) is 11.6 Å². The largest absolute Gasteiger partial charge is 0.512 e. The summed E-state index contributed by atoms with van der Waals surface area (Å²) in [4.78, 5) is 25.1. The number of hydrogen-bond donors (Lipinski definition) is 2. The van der Waals surface area contributed by atoms with Gasteiger partial charge in [-0.3, -0.25) is 4.79 Å². The smallest absolute Gasteiger partial charge is 0.449 e. The molecule has 1 aromatic heterocycles. The Labute approximate surface area is 107 Å². The van der Waals surface area contributed by atoms with Gasteiger partial charge in [-0.2, -0.15) is 0 Å². The van der Waals surface area contributed by atoms with E-state index in [-0.39, 0.29) is 11.3 Å². The average molecular weight is 268 g/mol. The molecule has 0 radical (unpaired) electrons. The lowest BCUT2D eigenvalue weighted by Gasteiger charge is -2.07. The van der Waals surface area contributed by atoms with Crippen LogP contribution < -0.4 is 10.2 Å². The number of aromatic nitrogens is 1. The van der Waals surface area contributed by atoms with E-state index in [9.17, 15) is 9.59 Å². The molecule has 0 spiro atoms. The van der Waals surface area contributed by atoms with Crippen molar-refractivity contribution in [2.24, 2.45) is 0 Å². The number of aromatic amines is 1. The van der Waals surface area contributed by atoms with Gasteiger partial charge >= 0.3 is 6.16 Å². The van der Waals surface area contributed by atoms with Crippen molar-refractivity contribution >= 4 is 28.7 Å². The summed E-state index contributed by atoms with van der Waals surface area (Å²) in [5.74, 6) is -0.121. The third kappa shape index (κ3) is 2.31. The molecule has 0 amide bonds. The predicted molar refractivity (Wildman–Crippen MR) is 67.6 cm³/mol. The molecular weight excluding hydrogens is 258 g/mol. The lowest BCUT2D eigenvalue weighted by atomic mass is 10.1. The molecule has 0 saturated carbocycles. The van der Waals surface area contributed by atoms with E-state index in [1.165, 1.54) is 0 Å². The van der Waals surface area contributed by atoms with Crippen molar-refractivity contribution in [2.45, 2.75) is 13.3 Å². The molecule has 0 fully saturated rings. The molecule has 0 aliphatic rings. The first-order valence-electron chi connectivity index (χ1n) is 5.27. The van der Waals surface area contributed by atoms with Gasteiger partial charge in [-0.15, -0.1) is 0 Å². The first kappa shape index (κ1) is 12.4. The number of aryl methyl sites for hydroxylation is 1. The predicted octanol–water partition coefficient (Wildman–Crippen LogP) is 2.80. The maximum Gasteiger partial charge on any atom is 0.512 e. The van der Waals surface area contributed by atoms with Crippen molar-refractivity contribution in [3.05, 3.63) is 39.0 Å². The highest BCUT2D eigenvalue weighted by Gasteiger charge is 2.10. The number of hydrogen-bond acceptors (Lipinski definition) is 3. The number of rotatable bonds is 2. The van der Waals surface area contributed by atoms with Gasteiger partial charge in [-0.05, 0) is 24.1 Å². The Morgan fingerprint density at radius 1 is 1.44 bits per heavy atom. The third-order valence-electron chi connectivity index (χ3n) is 2.53. The van der Waals surface area contributed by atoms with Crippen molar-refractivity contribution in [1.29, 1.82) is 0 Å². The zero-order valence-corrected chi connectivity index (χ0v) is 10.2. The van der Waals surface area contributed by atoms with Crippen LogP contribution in [0.15, 0.2) is 23.0 Å². The van der Waals surface area contributed by atoms with E-state index in [1.807, 2.05) is 6.92 Å². The summed E-state index contributed by atoms with van der Waals surface area (Å²) >= 11 is 5.93. The highest BCUT2D eigenvalue weighted by Crippen LogP contribution is 2.22. The Morgan fingerprint density at radius 2 is 2.17 bits per heavy atom. The van der Waals surface area contributed by atoms with Crippen LogP contribution in [-0.4, -0.2) is 16.2 Å². The van der Waals surface area contributed by atoms with Gasteiger partial charge in [0.05, 0.1) is 5.52 Å². The van der Waals surface area contributed by atoms with E-state index in [1.54, 1.807) is 12.1 Å². The molecule has 1 aromatic carbocycles. The second-order valence-electron chi connectivity index (χ2n) is 3.71. The fourth-order valence-electron chi connectivity index (χ4n) is 1.84. The van der Waals surface area contributed by atoms with Gasteiger partial charge in [-0.25, -0.2) is 4.79 Å². The monoisotopic (exact) mass is 267 g/mol. The van der Waals surface area contributed by atoms with E-state index >= 15 is 0 Å². The molecule has 94 valence electrons. The van der Waals surface area contributed by atoms with E-state index in [4.69, 9.17) is 16.7 Å². The van der Waals surface area contributed by atoms with Crippen molar-refractivity contribution < 1.29 is 14.6 Å². The molecule has 0 atom stereocenters. The van der Waals surface area contributed by atoms with Crippen LogP contribution in [0.5, 0.6) is 5.88 Å². The molecule has 0 aliphatic heterocycles. The highest BCUT2D eigenvalue weighted by molar-refractivity contribution is 6.31. The maximum atomic E-state index is 11.9. The van der Waals surface area contributed by atoms with Crippen LogP contribution >= 0.6 is 11.6 Å². The van der Waals surface area contributed by atoms with Crippen LogP contribution in [0.2, 0.25) is 5.02 Å². The van der Waals surface area contributed by atoms with Crippen molar-refractivity contribution in [3.63, 3.8) is 0 Å². The number of ether oxygens (including phenoxy) is 1. The number of carboxylic acid groups (broad SMARTS) is 1. The molecule has 0 bridgehead atoms. The van der Waals surface area contributed by atoms with Crippen molar-refractivity contribution in [3.8, 4) is 5.88 Å². The first-order chi connectivity index (χ1) is 8.51. The number of benzene rings is 1. The first-order valence-corrected chi connectivity index (χ1v) is 5.65. The minimum Gasteiger partial charge on any atom is -0.449 e. The molecule has 5 nitrogen and oxygen atoms in total. The Hall–Kier alpha value is -2.01. The minimum atomic E-state index is -1.48. The van der Waals surface area contributed by atoms with Crippen LogP contribution in [0.4, 0.5) is 4.79 Å². The molecule has 2 N–H and O–H groups in total. The van der Waals surface area contributed by atoms with Crippen LogP contribution in [0.25, 0.3) is 10.9 Å². The van der Waals surface area contributed by atoms with Gasteiger partial charge in [0, 0.05) is 16.5 Å². The summed E-state index contributed by atoms with van der Waals surface area (Å²) in [7, 11) is 0. The number of fused-ring (bicyclic) bond motifs is 1. The fraction of sp³-hybridized carbons (Fsp3) is 0.167. The maximum absolute atomic E-state index is 11.9. The number of pyridine rings is 1. The van der Waals surface area contributed by atoms with Gasteiger partial charge in [0.15, 0.2) is 5.43 Å². The number of nitrogens with one attached hydrogen (secondary N) is 1. The summed E-state index contributed by atoms with van der Waals surface area (Å²) < 4.78 is 4.43. The molecule has 0 saturated heterocycles. The summed E-state index contributed by atoms with van der Waals surface area (Å²) in [5, 5.41) is 9.49. The molecule has 0 unspecified atom stereocenters. The zero-order valence-electron chi connectivity index (χ0n) is 9.49. The van der Waals surface area contributed by atoms with Gasteiger partial charge in [0.25, 0.3) is 0 Å². The third-order valence-corrected chi connectivity index (χ3v) is 2.75. The molecule has 18 heavy (non-hydrogen) atoms. The second kappa shape index (κ2) is 4.70. The van der Waals surface area contributed by atoms with Crippen LogP contribution in [-0.2, 0) is 6.42 Å². The van der Waals surface area contributed by atoms with Crippen molar-refractivity contribution in [1.82, 2.24) is 4.98 Å². The van der Waals surface area contributed by atoms with Gasteiger partial charge in [0.1, 0.15) is 0 Å². The minimum absolute atomic E-state index is 0.121. The second-order valence-corrected chi connectivity index (χ2v) is 4.14. The van der Waals surface area contributed by atoms with Crippen LogP contribution in [0.1, 0.15) is 12.5 Å². The number of halogens is 1.